The Kier molecular flexibility index (Phi) is 3.55. The minimum absolute atomic E-state index is 0.104. The van der Waals surface area contributed by atoms with Crippen LogP contribution in [-0.4, -0.2) is 11.8 Å². The van der Waals surface area contributed by atoms with E-state index < -0.39 is 11.8 Å². The van der Waals surface area contributed by atoms with E-state index in [4.69, 9.17) is 4.74 Å². The summed E-state index contributed by atoms with van der Waals surface area (Å²) in [6.45, 7) is 2.88. The number of esters is 1. The Hall–Kier alpha value is -1.71. The van der Waals surface area contributed by atoms with E-state index in [0.717, 1.165) is 12.1 Å². The first-order chi connectivity index (χ1) is 7.04. The molecule has 0 unspecified atom stereocenters. The van der Waals surface area contributed by atoms with Crippen molar-refractivity contribution in [2.24, 2.45) is 0 Å². The number of benzene rings is 1. The maximum absolute atomic E-state index is 12.9. The summed E-state index contributed by atoms with van der Waals surface area (Å²) >= 11 is 0. The second-order valence-electron chi connectivity index (χ2n) is 3.01. The maximum Gasteiger partial charge on any atom is 0.308 e. The van der Waals surface area contributed by atoms with Crippen LogP contribution in [0.3, 0.4) is 0 Å². The first-order valence-corrected chi connectivity index (χ1v) is 4.55. The molecule has 1 rings (SSSR count). The van der Waals surface area contributed by atoms with Crippen LogP contribution in [0, 0.1) is 5.82 Å². The van der Waals surface area contributed by atoms with Crippen LogP contribution in [0.2, 0.25) is 0 Å². The number of hydrogen-bond donors (Lipinski definition) is 0. The predicted octanol–water partition coefficient (Wildman–Crippen LogP) is 2.34. The Balaban J connectivity index is 3.14. The van der Waals surface area contributed by atoms with Crippen molar-refractivity contribution in [2.75, 3.05) is 0 Å². The van der Waals surface area contributed by atoms with Crippen LogP contribution < -0.4 is 4.74 Å². The molecule has 0 spiro atoms. The number of halogens is 1. The van der Waals surface area contributed by atoms with Gasteiger partial charge in [0.05, 0.1) is 5.56 Å². The molecule has 1 aromatic rings. The summed E-state index contributed by atoms with van der Waals surface area (Å²) in [5.74, 6) is -1.21. The van der Waals surface area contributed by atoms with E-state index in [9.17, 15) is 14.0 Å². The fourth-order valence-corrected chi connectivity index (χ4v) is 1.15. The predicted molar refractivity (Wildman–Crippen MR) is 52.3 cm³/mol. The van der Waals surface area contributed by atoms with E-state index in [-0.39, 0.29) is 23.5 Å². The Bertz CT molecular complexity index is 399. The maximum atomic E-state index is 12.9. The summed E-state index contributed by atoms with van der Waals surface area (Å²) < 4.78 is 17.7. The van der Waals surface area contributed by atoms with Gasteiger partial charge in [-0.3, -0.25) is 9.59 Å². The lowest BCUT2D eigenvalue weighted by molar-refractivity contribution is -0.131. The van der Waals surface area contributed by atoms with Crippen LogP contribution in [-0.2, 0) is 4.79 Å². The SMILES string of the molecule is CCC(=O)c1cc(F)ccc1OC(C)=O. The monoisotopic (exact) mass is 210 g/mol. The van der Waals surface area contributed by atoms with Gasteiger partial charge in [-0.25, -0.2) is 4.39 Å². The highest BCUT2D eigenvalue weighted by molar-refractivity contribution is 5.99. The van der Waals surface area contributed by atoms with Crippen LogP contribution in [0.1, 0.15) is 30.6 Å². The second kappa shape index (κ2) is 4.68. The molecule has 15 heavy (non-hydrogen) atoms. The molecule has 0 radical (unpaired) electrons. The molecule has 0 heterocycles. The van der Waals surface area contributed by atoms with E-state index in [1.807, 2.05) is 0 Å². The number of ether oxygens (including phenoxy) is 1. The number of ketones is 1. The quantitative estimate of drug-likeness (QED) is 0.437. The molecule has 0 aliphatic carbocycles. The Morgan fingerprint density at radius 2 is 2.07 bits per heavy atom. The molecule has 80 valence electrons. The van der Waals surface area contributed by atoms with E-state index in [1.54, 1.807) is 6.92 Å². The average Bonchev–Trinajstić information content (AvgIpc) is 2.19. The molecular formula is C11H11FO3. The van der Waals surface area contributed by atoms with Crippen molar-refractivity contribution in [3.05, 3.63) is 29.6 Å². The van der Waals surface area contributed by atoms with E-state index in [1.165, 1.54) is 13.0 Å². The van der Waals surface area contributed by atoms with Crippen LogP contribution in [0.5, 0.6) is 5.75 Å². The van der Waals surface area contributed by atoms with Gasteiger partial charge in [0, 0.05) is 13.3 Å². The van der Waals surface area contributed by atoms with Gasteiger partial charge >= 0.3 is 5.97 Å². The minimum Gasteiger partial charge on any atom is -0.426 e. The van der Waals surface area contributed by atoms with Crippen molar-refractivity contribution >= 4 is 11.8 Å². The third-order valence-electron chi connectivity index (χ3n) is 1.82. The molecule has 1 aromatic carbocycles. The molecule has 0 aliphatic heterocycles. The van der Waals surface area contributed by atoms with Gasteiger partial charge in [0.2, 0.25) is 0 Å². The molecule has 0 atom stereocenters. The molecule has 0 N–H and O–H groups in total. The minimum atomic E-state index is -0.535. The molecule has 0 bridgehead atoms. The zero-order chi connectivity index (χ0) is 11.4. The summed E-state index contributed by atoms with van der Waals surface area (Å²) in [5, 5.41) is 0. The van der Waals surface area contributed by atoms with Gasteiger partial charge in [-0.15, -0.1) is 0 Å². The number of Topliss-reactive ketones (excluding diaryl/α,β-unsaturated/α-hetero) is 1. The molecular weight excluding hydrogens is 199 g/mol. The van der Waals surface area contributed by atoms with Gasteiger partial charge in [-0.05, 0) is 18.2 Å². The molecule has 0 saturated carbocycles. The molecule has 0 amide bonds. The molecule has 4 heteroatoms. The van der Waals surface area contributed by atoms with Crippen molar-refractivity contribution in [3.8, 4) is 5.75 Å². The number of hydrogen-bond acceptors (Lipinski definition) is 3. The number of carbonyl (C=O) groups is 2. The largest absolute Gasteiger partial charge is 0.426 e. The lowest BCUT2D eigenvalue weighted by atomic mass is 10.1. The van der Waals surface area contributed by atoms with E-state index >= 15 is 0 Å². The summed E-state index contributed by atoms with van der Waals surface area (Å²) in [6, 6.07) is 3.49. The number of rotatable bonds is 3. The smallest absolute Gasteiger partial charge is 0.308 e. The van der Waals surface area contributed by atoms with Crippen LogP contribution in [0.15, 0.2) is 18.2 Å². The van der Waals surface area contributed by atoms with Gasteiger partial charge in [-0.2, -0.15) is 0 Å². The van der Waals surface area contributed by atoms with E-state index in [0.29, 0.717) is 0 Å². The summed E-state index contributed by atoms with van der Waals surface area (Å²) in [4.78, 5) is 22.1. The van der Waals surface area contributed by atoms with Crippen LogP contribution in [0.4, 0.5) is 4.39 Å². The number of carbonyl (C=O) groups excluding carboxylic acids is 2. The van der Waals surface area contributed by atoms with Crippen LogP contribution in [0.25, 0.3) is 0 Å². The zero-order valence-corrected chi connectivity index (χ0v) is 8.54. The zero-order valence-electron chi connectivity index (χ0n) is 8.54. The normalized spacial score (nSPS) is 9.80. The van der Waals surface area contributed by atoms with Crippen molar-refractivity contribution in [1.29, 1.82) is 0 Å². The third-order valence-corrected chi connectivity index (χ3v) is 1.82. The Labute approximate surface area is 86.9 Å². The average molecular weight is 210 g/mol. The lowest BCUT2D eigenvalue weighted by Gasteiger charge is -2.06. The molecule has 0 fully saturated rings. The third kappa shape index (κ3) is 2.87. The van der Waals surface area contributed by atoms with Gasteiger partial charge in [-0.1, -0.05) is 6.92 Å². The lowest BCUT2D eigenvalue weighted by Crippen LogP contribution is -2.07. The summed E-state index contributed by atoms with van der Waals surface area (Å²) in [6.07, 6.45) is 0.234. The highest BCUT2D eigenvalue weighted by Crippen LogP contribution is 2.21. The van der Waals surface area contributed by atoms with Crippen molar-refractivity contribution in [3.63, 3.8) is 0 Å². The van der Waals surface area contributed by atoms with Crippen molar-refractivity contribution in [2.45, 2.75) is 20.3 Å². The van der Waals surface area contributed by atoms with Crippen molar-refractivity contribution < 1.29 is 18.7 Å². The molecule has 0 aromatic heterocycles. The second-order valence-corrected chi connectivity index (χ2v) is 3.01. The van der Waals surface area contributed by atoms with E-state index in [2.05, 4.69) is 0 Å². The fourth-order valence-electron chi connectivity index (χ4n) is 1.15. The topological polar surface area (TPSA) is 43.4 Å². The van der Waals surface area contributed by atoms with Gasteiger partial charge in [0.25, 0.3) is 0 Å². The highest BCUT2D eigenvalue weighted by atomic mass is 19.1. The highest BCUT2D eigenvalue weighted by Gasteiger charge is 2.13. The standard InChI is InChI=1S/C11H11FO3/c1-3-10(14)9-6-8(12)4-5-11(9)15-7(2)13/h4-6H,3H2,1-2H3. The summed E-state index contributed by atoms with van der Waals surface area (Å²) in [7, 11) is 0. The van der Waals surface area contributed by atoms with Crippen molar-refractivity contribution in [1.82, 2.24) is 0 Å². The first kappa shape index (κ1) is 11.4. The van der Waals surface area contributed by atoms with Gasteiger partial charge < -0.3 is 4.74 Å². The first-order valence-electron chi connectivity index (χ1n) is 4.55. The van der Waals surface area contributed by atoms with Crippen LogP contribution >= 0.6 is 0 Å². The Morgan fingerprint density at radius 3 is 2.60 bits per heavy atom. The van der Waals surface area contributed by atoms with Gasteiger partial charge in [0.1, 0.15) is 11.6 Å². The molecule has 0 aliphatic rings. The Morgan fingerprint density at radius 1 is 1.40 bits per heavy atom. The molecule has 3 nitrogen and oxygen atoms in total. The van der Waals surface area contributed by atoms with Gasteiger partial charge in [0.15, 0.2) is 5.78 Å². The molecule has 0 saturated heterocycles. The summed E-state index contributed by atoms with van der Waals surface area (Å²) in [5.41, 5.74) is 0.104. The fraction of sp³-hybridized carbons (Fsp3) is 0.273.